The van der Waals surface area contributed by atoms with E-state index in [-0.39, 0.29) is 4.77 Å². The van der Waals surface area contributed by atoms with E-state index < -0.39 is 25.2 Å². The minimum atomic E-state index is -2.91. The van der Waals surface area contributed by atoms with E-state index in [1.165, 1.54) is 0 Å². The van der Waals surface area contributed by atoms with Gasteiger partial charge in [-0.1, -0.05) is 0 Å². The van der Waals surface area contributed by atoms with Gasteiger partial charge >= 0.3 is 0 Å². The van der Waals surface area contributed by atoms with Crippen molar-refractivity contribution in [3.05, 3.63) is 10.6 Å². The van der Waals surface area contributed by atoms with Gasteiger partial charge in [0.05, 0.1) is 6.54 Å². The van der Waals surface area contributed by atoms with E-state index in [0.29, 0.717) is 4.57 Å². The second-order valence-corrected chi connectivity index (χ2v) is 2.58. The van der Waals surface area contributed by atoms with Gasteiger partial charge in [0.15, 0.2) is 10.6 Å². The number of alkyl halides is 4. The van der Waals surface area contributed by atoms with Crippen molar-refractivity contribution in [1.29, 1.82) is 0 Å². The van der Waals surface area contributed by atoms with Gasteiger partial charge in [0, 0.05) is 0 Å². The van der Waals surface area contributed by atoms with E-state index in [2.05, 4.69) is 17.3 Å². The Hall–Kier alpha value is -0.920. The van der Waals surface area contributed by atoms with Gasteiger partial charge in [0.25, 0.3) is 12.9 Å². The van der Waals surface area contributed by atoms with E-state index in [1.54, 1.807) is 0 Å². The van der Waals surface area contributed by atoms with Crippen molar-refractivity contribution in [2.24, 2.45) is 0 Å². The SMILES string of the molecule is FC(F)Cn1c(C(F)F)n[nH]c1=S. The summed E-state index contributed by atoms with van der Waals surface area (Å²) in [5.74, 6) is -0.759. The van der Waals surface area contributed by atoms with Gasteiger partial charge in [0.2, 0.25) is 0 Å². The first-order valence-electron chi connectivity index (χ1n) is 3.23. The standard InChI is InChI=1S/C5H5F4N3S/c6-2(7)1-12-4(3(8)9)10-11-5(12)13/h2-3H,1H2,(H,11,13). The topological polar surface area (TPSA) is 33.6 Å². The van der Waals surface area contributed by atoms with Crippen LogP contribution in [-0.2, 0) is 6.54 Å². The normalized spacial score (nSPS) is 11.5. The molecule has 0 spiro atoms. The van der Waals surface area contributed by atoms with Crippen LogP contribution in [0.25, 0.3) is 0 Å². The van der Waals surface area contributed by atoms with E-state index in [0.717, 1.165) is 0 Å². The summed E-state index contributed by atoms with van der Waals surface area (Å²) >= 11 is 4.49. The first-order valence-corrected chi connectivity index (χ1v) is 3.64. The summed E-state index contributed by atoms with van der Waals surface area (Å²) in [4.78, 5) is 0. The number of halogens is 4. The van der Waals surface area contributed by atoms with E-state index >= 15 is 0 Å². The Morgan fingerprint density at radius 2 is 2.00 bits per heavy atom. The first kappa shape index (κ1) is 10.2. The fraction of sp³-hybridized carbons (Fsp3) is 0.600. The summed E-state index contributed by atoms with van der Waals surface area (Å²) in [6.07, 6.45) is -5.64. The molecular formula is C5H5F4N3S. The Morgan fingerprint density at radius 1 is 1.38 bits per heavy atom. The molecule has 0 aromatic carbocycles. The smallest absolute Gasteiger partial charge is 0.294 e. The summed E-state index contributed by atoms with van der Waals surface area (Å²) in [5.41, 5.74) is 0. The Morgan fingerprint density at radius 3 is 2.46 bits per heavy atom. The molecule has 1 aromatic rings. The highest BCUT2D eigenvalue weighted by Crippen LogP contribution is 2.16. The largest absolute Gasteiger partial charge is 0.297 e. The van der Waals surface area contributed by atoms with Crippen molar-refractivity contribution in [3.8, 4) is 0 Å². The lowest BCUT2D eigenvalue weighted by molar-refractivity contribution is 0.105. The van der Waals surface area contributed by atoms with Crippen molar-refractivity contribution in [1.82, 2.24) is 14.8 Å². The van der Waals surface area contributed by atoms with Gasteiger partial charge in [-0.2, -0.15) is 5.10 Å². The number of H-pyrrole nitrogens is 1. The van der Waals surface area contributed by atoms with Gasteiger partial charge in [-0.25, -0.2) is 17.6 Å². The lowest BCUT2D eigenvalue weighted by Crippen LogP contribution is -2.10. The molecular weight excluding hydrogens is 210 g/mol. The fourth-order valence-corrected chi connectivity index (χ4v) is 1.02. The first-order chi connectivity index (χ1) is 6.02. The molecule has 13 heavy (non-hydrogen) atoms. The average Bonchev–Trinajstić information content (AvgIpc) is 2.32. The summed E-state index contributed by atoms with van der Waals surface area (Å²) in [6.45, 7) is -0.866. The van der Waals surface area contributed by atoms with E-state index in [9.17, 15) is 17.6 Å². The zero-order chi connectivity index (χ0) is 10.0. The highest BCUT2D eigenvalue weighted by Gasteiger charge is 2.18. The summed E-state index contributed by atoms with van der Waals surface area (Å²) < 4.78 is 48.3. The summed E-state index contributed by atoms with van der Waals surface area (Å²) in [7, 11) is 0. The van der Waals surface area contributed by atoms with Gasteiger partial charge in [-0.15, -0.1) is 0 Å². The van der Waals surface area contributed by atoms with Crippen LogP contribution in [0.15, 0.2) is 0 Å². The van der Waals surface area contributed by atoms with Crippen LogP contribution in [0.2, 0.25) is 0 Å². The van der Waals surface area contributed by atoms with Crippen LogP contribution >= 0.6 is 12.2 Å². The zero-order valence-corrected chi connectivity index (χ0v) is 6.99. The van der Waals surface area contributed by atoms with Gasteiger partial charge in [-0.3, -0.25) is 9.67 Å². The van der Waals surface area contributed by atoms with Crippen molar-refractivity contribution in [2.45, 2.75) is 19.4 Å². The van der Waals surface area contributed by atoms with Crippen molar-refractivity contribution >= 4 is 12.2 Å². The summed E-state index contributed by atoms with van der Waals surface area (Å²) in [6, 6.07) is 0. The molecule has 1 aromatic heterocycles. The molecule has 0 radical (unpaired) electrons. The monoisotopic (exact) mass is 215 g/mol. The number of hydrogen-bond donors (Lipinski definition) is 1. The molecule has 1 N–H and O–H groups in total. The third kappa shape index (κ3) is 2.27. The molecule has 0 aliphatic heterocycles. The number of rotatable bonds is 3. The number of nitrogens with zero attached hydrogens (tertiary/aromatic N) is 2. The number of nitrogens with one attached hydrogen (secondary N) is 1. The highest BCUT2D eigenvalue weighted by atomic mass is 32.1. The molecule has 0 amide bonds. The Bertz CT molecular complexity index is 331. The van der Waals surface area contributed by atoms with Gasteiger partial charge < -0.3 is 0 Å². The molecule has 0 aliphatic rings. The second kappa shape index (κ2) is 3.86. The van der Waals surface area contributed by atoms with Crippen molar-refractivity contribution in [3.63, 3.8) is 0 Å². The Balaban J connectivity index is 3.02. The maximum Gasteiger partial charge on any atom is 0.297 e. The van der Waals surface area contributed by atoms with Crippen molar-refractivity contribution < 1.29 is 17.6 Å². The minimum absolute atomic E-state index is 0.226. The fourth-order valence-electron chi connectivity index (χ4n) is 0.811. The lowest BCUT2D eigenvalue weighted by atomic mass is 10.5. The van der Waals surface area contributed by atoms with Crippen LogP contribution in [0, 0.1) is 4.77 Å². The molecule has 0 atom stereocenters. The molecule has 74 valence electrons. The van der Waals surface area contributed by atoms with Crippen LogP contribution in [0.4, 0.5) is 17.6 Å². The van der Waals surface area contributed by atoms with Gasteiger partial charge in [-0.05, 0) is 12.2 Å². The Kier molecular flexibility index (Phi) is 3.02. The van der Waals surface area contributed by atoms with Crippen LogP contribution in [0.5, 0.6) is 0 Å². The maximum atomic E-state index is 12.1. The molecule has 3 nitrogen and oxygen atoms in total. The molecule has 0 saturated heterocycles. The van der Waals surface area contributed by atoms with Crippen LogP contribution in [-0.4, -0.2) is 21.2 Å². The van der Waals surface area contributed by atoms with Crippen LogP contribution in [0.1, 0.15) is 12.2 Å². The number of aromatic amines is 1. The van der Waals surface area contributed by atoms with E-state index in [4.69, 9.17) is 0 Å². The van der Waals surface area contributed by atoms with E-state index in [1.807, 2.05) is 5.10 Å². The van der Waals surface area contributed by atoms with Crippen molar-refractivity contribution in [2.75, 3.05) is 0 Å². The molecule has 0 aliphatic carbocycles. The predicted octanol–water partition coefficient (Wildman–Crippen LogP) is 2.14. The molecule has 0 unspecified atom stereocenters. The molecule has 0 saturated carbocycles. The number of hydrogen-bond acceptors (Lipinski definition) is 2. The third-order valence-corrected chi connectivity index (χ3v) is 1.62. The Labute approximate surface area is 75.4 Å². The second-order valence-electron chi connectivity index (χ2n) is 2.19. The zero-order valence-electron chi connectivity index (χ0n) is 6.18. The lowest BCUT2D eigenvalue weighted by Gasteiger charge is -2.03. The number of aromatic nitrogens is 3. The highest BCUT2D eigenvalue weighted by molar-refractivity contribution is 7.71. The predicted molar refractivity (Wildman–Crippen MR) is 38.4 cm³/mol. The average molecular weight is 215 g/mol. The third-order valence-electron chi connectivity index (χ3n) is 1.30. The van der Waals surface area contributed by atoms with Crippen LogP contribution < -0.4 is 0 Å². The quantitative estimate of drug-likeness (QED) is 0.619. The molecule has 1 rings (SSSR count). The molecule has 0 bridgehead atoms. The molecule has 1 heterocycles. The summed E-state index contributed by atoms with van der Waals surface area (Å²) in [5, 5.41) is 5.16. The minimum Gasteiger partial charge on any atom is -0.294 e. The molecule has 0 fully saturated rings. The molecule has 8 heteroatoms. The van der Waals surface area contributed by atoms with Gasteiger partial charge in [0.1, 0.15) is 0 Å². The maximum absolute atomic E-state index is 12.1. The van der Waals surface area contributed by atoms with Crippen LogP contribution in [0.3, 0.4) is 0 Å².